The molecule has 8 heteroatoms. The third-order valence-corrected chi connectivity index (χ3v) is 5.24. The van der Waals surface area contributed by atoms with Crippen LogP contribution in [0, 0.1) is 11.6 Å². The number of alkyl halides is 3. The van der Waals surface area contributed by atoms with E-state index in [1.807, 2.05) is 0 Å². The van der Waals surface area contributed by atoms with Crippen molar-refractivity contribution >= 4 is 6.29 Å². The van der Waals surface area contributed by atoms with Crippen LogP contribution in [0.3, 0.4) is 0 Å². The molecule has 28 heavy (non-hydrogen) atoms. The number of pyridine rings is 1. The molecule has 1 aliphatic carbocycles. The van der Waals surface area contributed by atoms with Crippen LogP contribution in [0.2, 0.25) is 0 Å². The lowest BCUT2D eigenvalue weighted by molar-refractivity contribution is -0.150. The number of rotatable bonds is 5. The number of nitrogens with one attached hydrogen (secondary N) is 1. The fourth-order valence-corrected chi connectivity index (χ4v) is 3.73. The van der Waals surface area contributed by atoms with Gasteiger partial charge in [0.25, 0.3) is 0 Å². The Morgan fingerprint density at radius 3 is 2.43 bits per heavy atom. The molecule has 1 aromatic carbocycles. The Morgan fingerprint density at radius 1 is 1.25 bits per heavy atom. The minimum atomic E-state index is -4.73. The third kappa shape index (κ3) is 3.41. The zero-order valence-corrected chi connectivity index (χ0v) is 15.3. The first kappa shape index (κ1) is 20.4. The minimum Gasteiger partial charge on any atom is -0.319 e. The molecule has 1 aromatic heterocycles. The van der Waals surface area contributed by atoms with Crippen LogP contribution in [0.4, 0.5) is 22.0 Å². The molecule has 0 aliphatic heterocycles. The van der Waals surface area contributed by atoms with E-state index >= 15 is 4.39 Å². The van der Waals surface area contributed by atoms with E-state index in [1.165, 1.54) is 26.1 Å². The zero-order chi connectivity index (χ0) is 20.7. The van der Waals surface area contributed by atoms with E-state index in [0.717, 1.165) is 12.1 Å². The summed E-state index contributed by atoms with van der Waals surface area (Å²) < 4.78 is 69.5. The number of hydrogen-bond acceptors (Lipinski definition) is 3. The molecule has 2 unspecified atom stereocenters. The molecule has 0 spiro atoms. The number of aromatic nitrogens is 1. The van der Waals surface area contributed by atoms with Gasteiger partial charge in [0.2, 0.25) is 0 Å². The lowest BCUT2D eigenvalue weighted by Gasteiger charge is -2.25. The van der Waals surface area contributed by atoms with Gasteiger partial charge < -0.3 is 10.1 Å². The molecule has 1 aliphatic rings. The van der Waals surface area contributed by atoms with E-state index in [4.69, 9.17) is 0 Å². The fraction of sp³-hybridized carbons (Fsp3) is 0.400. The second kappa shape index (κ2) is 7.24. The number of halogens is 5. The summed E-state index contributed by atoms with van der Waals surface area (Å²) in [6.07, 6.45) is -3.60. The molecule has 0 fully saturated rings. The lowest BCUT2D eigenvalue weighted by Crippen LogP contribution is -2.33. The first-order valence-electron chi connectivity index (χ1n) is 8.78. The number of carbonyl (C=O) groups excluding carboxylic acids is 1. The Kier molecular flexibility index (Phi) is 5.27. The normalized spacial score (nSPS) is 20.1. The summed E-state index contributed by atoms with van der Waals surface area (Å²) in [5.41, 5.74) is -1.11. The lowest BCUT2D eigenvalue weighted by atomic mass is 9.83. The van der Waals surface area contributed by atoms with Gasteiger partial charge in [0, 0.05) is 17.7 Å². The van der Waals surface area contributed by atoms with E-state index in [-0.39, 0.29) is 17.7 Å². The van der Waals surface area contributed by atoms with Crippen LogP contribution >= 0.6 is 0 Å². The number of carbonyl (C=O) groups is 1. The molecule has 0 amide bonds. The van der Waals surface area contributed by atoms with Crippen LogP contribution in [0.1, 0.15) is 36.1 Å². The minimum absolute atomic E-state index is 0.0443. The Labute approximate surface area is 159 Å². The van der Waals surface area contributed by atoms with Crippen molar-refractivity contribution < 1.29 is 26.7 Å². The SMILES string of the molecule is CNCC(c1nc(-c2ccc(F)cc2)c2c(c1F)C(C)(C=O)CC2)C(F)(F)F. The summed E-state index contributed by atoms with van der Waals surface area (Å²) in [6, 6.07) is 5.10. The molecule has 3 rings (SSSR count). The first-order chi connectivity index (χ1) is 13.1. The molecular weight excluding hydrogens is 379 g/mol. The Balaban J connectivity index is 2.32. The highest BCUT2D eigenvalue weighted by Crippen LogP contribution is 2.46. The molecule has 0 saturated carbocycles. The van der Waals surface area contributed by atoms with Crippen molar-refractivity contribution in [2.24, 2.45) is 0 Å². The average molecular weight is 398 g/mol. The number of fused-ring (bicyclic) bond motifs is 1. The highest BCUT2D eigenvalue weighted by molar-refractivity contribution is 5.76. The standard InChI is InChI=1S/C20H19F5N2O/c1-19(10-28)8-7-13-15(19)16(22)18(14(9-26-2)20(23,24)25)27-17(13)11-3-5-12(21)6-4-11/h3-6,10,14,26H,7-9H2,1-2H3. The van der Waals surface area contributed by atoms with Gasteiger partial charge in [0.05, 0.1) is 16.8 Å². The Hall–Kier alpha value is -2.35. The van der Waals surface area contributed by atoms with Gasteiger partial charge in [-0.05, 0) is 56.6 Å². The summed E-state index contributed by atoms with van der Waals surface area (Å²) >= 11 is 0. The summed E-state index contributed by atoms with van der Waals surface area (Å²) in [7, 11) is 1.33. The van der Waals surface area contributed by atoms with Crippen molar-refractivity contribution in [3.8, 4) is 11.3 Å². The smallest absolute Gasteiger partial charge is 0.319 e. The Bertz CT molecular complexity index is 895. The van der Waals surface area contributed by atoms with Gasteiger partial charge in [-0.15, -0.1) is 0 Å². The number of aldehydes is 1. The average Bonchev–Trinajstić information content (AvgIpc) is 2.99. The molecule has 0 saturated heterocycles. The van der Waals surface area contributed by atoms with Gasteiger partial charge in [-0.25, -0.2) is 13.8 Å². The van der Waals surface area contributed by atoms with Crippen molar-refractivity contribution in [3.05, 3.63) is 52.7 Å². The maximum Gasteiger partial charge on any atom is 0.398 e. The largest absolute Gasteiger partial charge is 0.398 e. The number of hydrogen-bond donors (Lipinski definition) is 1. The zero-order valence-electron chi connectivity index (χ0n) is 15.3. The van der Waals surface area contributed by atoms with E-state index in [1.54, 1.807) is 0 Å². The first-order valence-corrected chi connectivity index (χ1v) is 8.78. The molecule has 150 valence electrons. The molecule has 1 N–H and O–H groups in total. The van der Waals surface area contributed by atoms with Gasteiger partial charge in [-0.2, -0.15) is 13.2 Å². The van der Waals surface area contributed by atoms with Crippen molar-refractivity contribution in [2.75, 3.05) is 13.6 Å². The van der Waals surface area contributed by atoms with Gasteiger partial charge in [0.1, 0.15) is 23.8 Å². The molecule has 3 nitrogen and oxygen atoms in total. The molecular formula is C20H19F5N2O. The van der Waals surface area contributed by atoms with Gasteiger partial charge in [-0.1, -0.05) is 0 Å². The number of benzene rings is 1. The quantitative estimate of drug-likeness (QED) is 0.603. The molecule has 1 heterocycles. The van der Waals surface area contributed by atoms with Crippen LogP contribution in [0.15, 0.2) is 24.3 Å². The van der Waals surface area contributed by atoms with Crippen LogP contribution < -0.4 is 5.32 Å². The topological polar surface area (TPSA) is 42.0 Å². The van der Waals surface area contributed by atoms with Crippen LogP contribution in [-0.4, -0.2) is 31.0 Å². The predicted octanol–water partition coefficient (Wildman–Crippen LogP) is 4.29. The second-order valence-corrected chi connectivity index (χ2v) is 7.21. The van der Waals surface area contributed by atoms with Crippen molar-refractivity contribution in [3.63, 3.8) is 0 Å². The summed E-state index contributed by atoms with van der Waals surface area (Å²) in [6.45, 7) is 0.945. The van der Waals surface area contributed by atoms with Crippen molar-refractivity contribution in [1.29, 1.82) is 0 Å². The second-order valence-electron chi connectivity index (χ2n) is 7.21. The van der Waals surface area contributed by atoms with Crippen molar-refractivity contribution in [2.45, 2.75) is 37.3 Å². The number of likely N-dealkylation sites (N-methyl/N-ethyl adjacent to an activating group) is 1. The Morgan fingerprint density at radius 2 is 1.89 bits per heavy atom. The van der Waals surface area contributed by atoms with Crippen LogP contribution in [0.25, 0.3) is 11.3 Å². The number of nitrogens with zero attached hydrogens (tertiary/aromatic N) is 1. The molecule has 0 bridgehead atoms. The van der Waals surface area contributed by atoms with Crippen LogP contribution in [0.5, 0.6) is 0 Å². The highest BCUT2D eigenvalue weighted by atomic mass is 19.4. The fourth-order valence-electron chi connectivity index (χ4n) is 3.73. The summed E-state index contributed by atoms with van der Waals surface area (Å²) in [4.78, 5) is 15.7. The van der Waals surface area contributed by atoms with E-state index in [0.29, 0.717) is 23.8 Å². The van der Waals surface area contributed by atoms with Crippen molar-refractivity contribution in [1.82, 2.24) is 10.3 Å². The van der Waals surface area contributed by atoms with E-state index in [2.05, 4.69) is 10.3 Å². The summed E-state index contributed by atoms with van der Waals surface area (Å²) in [5, 5.41) is 2.42. The van der Waals surface area contributed by atoms with E-state index in [9.17, 15) is 22.4 Å². The van der Waals surface area contributed by atoms with Gasteiger partial charge >= 0.3 is 6.18 Å². The third-order valence-electron chi connectivity index (χ3n) is 5.24. The van der Waals surface area contributed by atoms with Gasteiger partial charge in [0.15, 0.2) is 0 Å². The van der Waals surface area contributed by atoms with Crippen LogP contribution in [-0.2, 0) is 16.6 Å². The molecule has 2 atom stereocenters. The summed E-state index contributed by atoms with van der Waals surface area (Å²) in [5.74, 6) is -3.78. The van der Waals surface area contributed by atoms with E-state index < -0.39 is 41.4 Å². The highest BCUT2D eigenvalue weighted by Gasteiger charge is 2.47. The molecule has 2 aromatic rings. The maximum absolute atomic E-state index is 15.3. The molecule has 0 radical (unpaired) electrons. The monoisotopic (exact) mass is 398 g/mol. The van der Waals surface area contributed by atoms with Gasteiger partial charge in [-0.3, -0.25) is 0 Å². The predicted molar refractivity (Wildman–Crippen MR) is 94.0 cm³/mol. The maximum atomic E-state index is 15.3.